The summed E-state index contributed by atoms with van der Waals surface area (Å²) in [5.41, 5.74) is -0.663. The van der Waals surface area contributed by atoms with Crippen molar-refractivity contribution in [1.29, 1.82) is 0 Å². The molecule has 1 aliphatic carbocycles. The lowest BCUT2D eigenvalue weighted by molar-refractivity contribution is -0.124. The molecule has 1 fully saturated rings. The molecular weight excluding hydrogens is 336 g/mol. The minimum atomic E-state index is -2.27. The number of phenolic OH excluding ortho intramolecular Hbond substituents is 1. The van der Waals surface area contributed by atoms with Crippen molar-refractivity contribution >= 4 is 5.78 Å². The molecule has 0 saturated heterocycles. The van der Waals surface area contributed by atoms with Crippen LogP contribution in [0.25, 0.3) is 0 Å². The highest BCUT2D eigenvalue weighted by Crippen LogP contribution is 2.54. The Morgan fingerprint density at radius 1 is 1.33 bits per heavy atom. The molecule has 1 aromatic carbocycles. The number of hydrogen-bond acceptors (Lipinski definition) is 3. The van der Waals surface area contributed by atoms with Gasteiger partial charge in [-0.1, -0.05) is 46.5 Å². The zero-order chi connectivity index (χ0) is 23.5. The summed E-state index contributed by atoms with van der Waals surface area (Å²) >= 11 is 0. The van der Waals surface area contributed by atoms with E-state index in [0.29, 0.717) is 0 Å². The van der Waals surface area contributed by atoms with E-state index < -0.39 is 36.0 Å². The molecule has 0 unspecified atom stereocenters. The van der Waals surface area contributed by atoms with Gasteiger partial charge in [0, 0.05) is 35.7 Å². The van der Waals surface area contributed by atoms with Crippen molar-refractivity contribution in [2.75, 3.05) is 0 Å². The monoisotopic (exact) mass is 376 g/mol. The molecule has 27 heavy (non-hydrogen) atoms. The standard InChI is InChI=1S/C24H36O3/c1-6-7-8-9-12-23(2,3)16-13-20(26)22-18-15-17(25)10-11-19(18)24(4,5)27-21(22)14-16/h13-14,18-19,26H,6-12,15H2,1-5H3/t18-,19-/m1/s1/i11D2,18D,19D. The molecule has 1 saturated carbocycles. The summed E-state index contributed by atoms with van der Waals surface area (Å²) in [5, 5.41) is 11.0. The summed E-state index contributed by atoms with van der Waals surface area (Å²) in [6, 6.07) is 3.44. The Morgan fingerprint density at radius 2 is 2.07 bits per heavy atom. The number of carbonyl (C=O) groups excluding carboxylic acids is 1. The molecule has 0 radical (unpaired) electrons. The van der Waals surface area contributed by atoms with E-state index in [4.69, 9.17) is 8.85 Å². The van der Waals surface area contributed by atoms with Gasteiger partial charge in [0.2, 0.25) is 0 Å². The second-order valence-electron chi connectivity index (χ2n) is 9.10. The molecular formula is C24H36O3. The number of Topliss-reactive ketones (excluding diaryl/α,β-unsaturated/α-hetero) is 1. The Hall–Kier alpha value is -1.51. The summed E-state index contributed by atoms with van der Waals surface area (Å²) < 4.78 is 41.6. The smallest absolute Gasteiger partial charge is 0.133 e. The maximum absolute atomic E-state index is 12.4. The zero-order valence-corrected chi connectivity index (χ0v) is 17.4. The van der Waals surface area contributed by atoms with E-state index in [-0.39, 0.29) is 28.9 Å². The number of fused-ring (bicyclic) bond motifs is 3. The second-order valence-corrected chi connectivity index (χ2v) is 9.10. The summed E-state index contributed by atoms with van der Waals surface area (Å²) in [4.78, 5) is 12.4. The normalized spacial score (nSPS) is 33.6. The number of carbonyl (C=O) groups is 1. The van der Waals surface area contributed by atoms with Crippen LogP contribution in [0.3, 0.4) is 0 Å². The van der Waals surface area contributed by atoms with E-state index in [0.717, 1.165) is 31.2 Å². The Kier molecular flexibility index (Phi) is 4.27. The van der Waals surface area contributed by atoms with Crippen LogP contribution in [0, 0.1) is 5.89 Å². The Morgan fingerprint density at radius 3 is 2.78 bits per heavy atom. The van der Waals surface area contributed by atoms with Crippen molar-refractivity contribution in [2.45, 2.75) is 103 Å². The van der Waals surface area contributed by atoms with Gasteiger partial charge in [-0.25, -0.2) is 0 Å². The minimum absolute atomic E-state index is 0.0595. The molecule has 2 aliphatic rings. The van der Waals surface area contributed by atoms with Crippen molar-refractivity contribution in [3.8, 4) is 11.5 Å². The first-order chi connectivity index (χ1) is 14.1. The minimum Gasteiger partial charge on any atom is -0.508 e. The molecule has 150 valence electrons. The number of benzene rings is 1. The lowest BCUT2D eigenvalue weighted by Crippen LogP contribution is -2.47. The second kappa shape index (κ2) is 7.48. The predicted molar refractivity (Wildman–Crippen MR) is 110 cm³/mol. The molecule has 0 amide bonds. The van der Waals surface area contributed by atoms with Gasteiger partial charge in [-0.05, 0) is 49.8 Å². The molecule has 3 rings (SSSR count). The fourth-order valence-corrected chi connectivity index (χ4v) is 4.27. The SMILES string of the molecule is [2H]C1([2H])CC(=O)C[C@@]2([2H])c3c(O)cc(C(C)(C)CCCCCC)cc3OC(C)(C)[C@]12[2H]. The summed E-state index contributed by atoms with van der Waals surface area (Å²) in [6.07, 6.45) is 2.49. The first kappa shape index (κ1) is 15.4. The van der Waals surface area contributed by atoms with Crippen molar-refractivity contribution < 1.29 is 20.1 Å². The van der Waals surface area contributed by atoms with Crippen LogP contribution in [-0.4, -0.2) is 16.5 Å². The molecule has 1 N–H and O–H groups in total. The first-order valence-corrected chi connectivity index (χ1v) is 10.2. The fraction of sp³-hybridized carbons (Fsp3) is 0.708. The van der Waals surface area contributed by atoms with Crippen LogP contribution in [0.2, 0.25) is 0 Å². The van der Waals surface area contributed by atoms with Gasteiger partial charge in [-0.15, -0.1) is 0 Å². The van der Waals surface area contributed by atoms with E-state index in [1.807, 2.05) is 6.07 Å². The van der Waals surface area contributed by atoms with Crippen LogP contribution in [0.1, 0.15) is 108 Å². The molecule has 3 heteroatoms. The lowest BCUT2D eigenvalue weighted by atomic mass is 9.66. The van der Waals surface area contributed by atoms with Gasteiger partial charge in [-0.3, -0.25) is 4.79 Å². The number of hydrogen-bond donors (Lipinski definition) is 1. The van der Waals surface area contributed by atoms with Crippen LogP contribution in [-0.2, 0) is 10.2 Å². The number of ketones is 1. The molecule has 0 bridgehead atoms. The van der Waals surface area contributed by atoms with Crippen molar-refractivity contribution in [3.05, 3.63) is 23.3 Å². The van der Waals surface area contributed by atoms with Gasteiger partial charge in [0.1, 0.15) is 22.9 Å². The Bertz CT molecular complexity index is 880. The fourth-order valence-electron chi connectivity index (χ4n) is 4.27. The van der Waals surface area contributed by atoms with Gasteiger partial charge >= 0.3 is 0 Å². The average molecular weight is 377 g/mol. The quantitative estimate of drug-likeness (QED) is 0.596. The van der Waals surface area contributed by atoms with Crippen LogP contribution in [0.5, 0.6) is 11.5 Å². The first-order valence-electron chi connectivity index (χ1n) is 12.2. The van der Waals surface area contributed by atoms with Crippen LogP contribution in [0.4, 0.5) is 0 Å². The highest BCUT2D eigenvalue weighted by atomic mass is 16.5. The summed E-state index contributed by atoms with van der Waals surface area (Å²) in [5.74, 6) is -4.34. The highest BCUT2D eigenvalue weighted by molar-refractivity contribution is 5.81. The van der Waals surface area contributed by atoms with Gasteiger partial charge in [0.05, 0.1) is 0 Å². The molecule has 1 heterocycles. The molecule has 3 nitrogen and oxygen atoms in total. The van der Waals surface area contributed by atoms with Crippen molar-refractivity contribution in [1.82, 2.24) is 0 Å². The third kappa shape index (κ3) is 4.02. The zero-order valence-electron chi connectivity index (χ0n) is 21.4. The maximum atomic E-state index is 12.4. The van der Waals surface area contributed by atoms with E-state index in [1.54, 1.807) is 19.9 Å². The lowest BCUT2D eigenvalue weighted by Gasteiger charge is -2.47. The Labute approximate surface area is 170 Å². The topological polar surface area (TPSA) is 46.5 Å². The third-order valence-corrected chi connectivity index (χ3v) is 5.93. The molecule has 0 spiro atoms. The molecule has 1 aliphatic heterocycles. The molecule has 1 aromatic rings. The van der Waals surface area contributed by atoms with Crippen molar-refractivity contribution in [3.63, 3.8) is 0 Å². The number of ether oxygens (including phenoxy) is 1. The summed E-state index contributed by atoms with van der Waals surface area (Å²) in [6.45, 7) is 9.62. The number of phenols is 1. The van der Waals surface area contributed by atoms with Crippen LogP contribution in [0.15, 0.2) is 12.1 Å². The van der Waals surface area contributed by atoms with E-state index in [9.17, 15) is 11.3 Å². The Balaban J connectivity index is 2.12. The average Bonchev–Trinajstić information content (AvgIpc) is 2.60. The van der Waals surface area contributed by atoms with Gasteiger partial charge in [0.25, 0.3) is 0 Å². The number of rotatable bonds is 6. The van der Waals surface area contributed by atoms with E-state index >= 15 is 0 Å². The van der Waals surface area contributed by atoms with E-state index in [1.165, 1.54) is 6.42 Å². The third-order valence-electron chi connectivity index (χ3n) is 5.93. The highest BCUT2D eigenvalue weighted by Gasteiger charge is 2.47. The predicted octanol–water partition coefficient (Wildman–Crippen LogP) is 6.26. The number of aromatic hydroxyl groups is 1. The largest absolute Gasteiger partial charge is 0.508 e. The van der Waals surface area contributed by atoms with Crippen LogP contribution < -0.4 is 4.74 Å². The maximum Gasteiger partial charge on any atom is 0.133 e. The van der Waals surface area contributed by atoms with Crippen molar-refractivity contribution in [2.24, 2.45) is 5.89 Å². The van der Waals surface area contributed by atoms with Crippen LogP contribution >= 0.6 is 0 Å². The van der Waals surface area contributed by atoms with Gasteiger partial charge in [-0.2, -0.15) is 0 Å². The molecule has 0 aromatic heterocycles. The van der Waals surface area contributed by atoms with Gasteiger partial charge in [0.15, 0.2) is 0 Å². The van der Waals surface area contributed by atoms with E-state index in [2.05, 4.69) is 20.8 Å². The number of unbranched alkanes of at least 4 members (excludes halogenated alkanes) is 3. The molecule has 2 atom stereocenters. The van der Waals surface area contributed by atoms with Gasteiger partial charge < -0.3 is 9.84 Å². The summed E-state index contributed by atoms with van der Waals surface area (Å²) in [7, 11) is 0.